The topological polar surface area (TPSA) is 59.8 Å². The third-order valence-corrected chi connectivity index (χ3v) is 4.45. The second kappa shape index (κ2) is 6.52. The zero-order chi connectivity index (χ0) is 15.5. The predicted molar refractivity (Wildman–Crippen MR) is 88.2 cm³/mol. The lowest BCUT2D eigenvalue weighted by atomic mass is 10.2. The van der Waals surface area contributed by atoms with Crippen molar-refractivity contribution in [2.24, 2.45) is 0 Å². The number of para-hydroxylation sites is 1. The number of anilines is 1. The van der Waals surface area contributed by atoms with Crippen LogP contribution in [0, 0.1) is 0 Å². The standard InChI is InChI=1S/C16H20N4OS/c1-11(2)15-18-19-16(20(15)13-8-9-13)22-10-14(21)17-12-6-4-3-5-7-12/h3-7,11,13H,8-10H2,1-2H3,(H,17,21). The predicted octanol–water partition coefficient (Wildman–Crippen LogP) is 3.47. The van der Waals surface area contributed by atoms with Gasteiger partial charge in [0.05, 0.1) is 5.75 Å². The highest BCUT2D eigenvalue weighted by Gasteiger charge is 2.30. The molecule has 1 fully saturated rings. The fourth-order valence-electron chi connectivity index (χ4n) is 2.31. The van der Waals surface area contributed by atoms with Crippen LogP contribution in [0.3, 0.4) is 0 Å². The van der Waals surface area contributed by atoms with Gasteiger partial charge in [-0.3, -0.25) is 4.79 Å². The summed E-state index contributed by atoms with van der Waals surface area (Å²) in [5.41, 5.74) is 0.819. The number of nitrogens with zero attached hydrogens (tertiary/aromatic N) is 3. The first-order valence-corrected chi connectivity index (χ1v) is 8.56. The molecule has 1 aromatic carbocycles. The Labute approximate surface area is 134 Å². The number of amides is 1. The third kappa shape index (κ3) is 3.50. The number of nitrogens with one attached hydrogen (secondary N) is 1. The second-order valence-electron chi connectivity index (χ2n) is 5.80. The van der Waals surface area contributed by atoms with Crippen LogP contribution in [0.4, 0.5) is 5.69 Å². The average molecular weight is 316 g/mol. The summed E-state index contributed by atoms with van der Waals surface area (Å²) in [7, 11) is 0. The van der Waals surface area contributed by atoms with Crippen molar-refractivity contribution in [1.29, 1.82) is 0 Å². The molecule has 0 aliphatic heterocycles. The Kier molecular flexibility index (Phi) is 4.47. The quantitative estimate of drug-likeness (QED) is 0.829. The zero-order valence-electron chi connectivity index (χ0n) is 12.8. The van der Waals surface area contributed by atoms with Crippen molar-refractivity contribution in [1.82, 2.24) is 14.8 Å². The van der Waals surface area contributed by atoms with E-state index in [2.05, 4.69) is 33.9 Å². The number of carbonyl (C=O) groups excluding carboxylic acids is 1. The molecular formula is C16H20N4OS. The molecule has 1 aliphatic carbocycles. The Morgan fingerprint density at radius 1 is 1.32 bits per heavy atom. The van der Waals surface area contributed by atoms with E-state index >= 15 is 0 Å². The molecule has 22 heavy (non-hydrogen) atoms. The average Bonchev–Trinajstić information content (AvgIpc) is 3.25. The molecule has 3 rings (SSSR count). The lowest BCUT2D eigenvalue weighted by molar-refractivity contribution is -0.113. The minimum Gasteiger partial charge on any atom is -0.325 e. The molecule has 1 aliphatic rings. The van der Waals surface area contributed by atoms with Crippen molar-refractivity contribution in [3.8, 4) is 0 Å². The van der Waals surface area contributed by atoms with Crippen LogP contribution in [0.1, 0.15) is 44.5 Å². The van der Waals surface area contributed by atoms with E-state index in [4.69, 9.17) is 0 Å². The number of benzene rings is 1. The first-order valence-electron chi connectivity index (χ1n) is 7.57. The van der Waals surface area contributed by atoms with Crippen molar-refractivity contribution < 1.29 is 4.79 Å². The maximum atomic E-state index is 12.0. The van der Waals surface area contributed by atoms with Crippen LogP contribution < -0.4 is 5.32 Å². The van der Waals surface area contributed by atoms with Gasteiger partial charge >= 0.3 is 0 Å². The van der Waals surface area contributed by atoms with Gasteiger partial charge in [0.15, 0.2) is 5.16 Å². The maximum absolute atomic E-state index is 12.0. The maximum Gasteiger partial charge on any atom is 0.234 e. The van der Waals surface area contributed by atoms with E-state index in [1.54, 1.807) is 0 Å². The van der Waals surface area contributed by atoms with Crippen LogP contribution >= 0.6 is 11.8 Å². The first-order chi connectivity index (χ1) is 10.6. The van der Waals surface area contributed by atoms with Gasteiger partial charge in [0, 0.05) is 17.6 Å². The molecular weight excluding hydrogens is 296 g/mol. The van der Waals surface area contributed by atoms with Gasteiger partial charge in [-0.1, -0.05) is 43.8 Å². The molecule has 0 radical (unpaired) electrons. The molecule has 1 aromatic heterocycles. The molecule has 0 atom stereocenters. The van der Waals surface area contributed by atoms with E-state index in [0.717, 1.165) is 16.7 Å². The normalized spacial score (nSPS) is 14.3. The van der Waals surface area contributed by atoms with Gasteiger partial charge < -0.3 is 9.88 Å². The molecule has 1 heterocycles. The summed E-state index contributed by atoms with van der Waals surface area (Å²) < 4.78 is 2.21. The molecule has 1 N–H and O–H groups in total. The lowest BCUT2D eigenvalue weighted by Gasteiger charge is -2.10. The molecule has 6 heteroatoms. The number of thioether (sulfide) groups is 1. The fourth-order valence-corrected chi connectivity index (χ4v) is 3.12. The fraction of sp³-hybridized carbons (Fsp3) is 0.438. The number of hydrogen-bond acceptors (Lipinski definition) is 4. The largest absolute Gasteiger partial charge is 0.325 e. The Morgan fingerprint density at radius 2 is 2.05 bits per heavy atom. The second-order valence-corrected chi connectivity index (χ2v) is 6.74. The van der Waals surface area contributed by atoms with Gasteiger partial charge in [-0.25, -0.2) is 0 Å². The Balaban J connectivity index is 1.63. The van der Waals surface area contributed by atoms with E-state index in [9.17, 15) is 4.79 Å². The smallest absolute Gasteiger partial charge is 0.234 e. The van der Waals surface area contributed by atoms with Gasteiger partial charge in [-0.05, 0) is 25.0 Å². The van der Waals surface area contributed by atoms with Crippen molar-refractivity contribution in [3.05, 3.63) is 36.2 Å². The number of carbonyl (C=O) groups is 1. The van der Waals surface area contributed by atoms with E-state index in [1.165, 1.54) is 24.6 Å². The van der Waals surface area contributed by atoms with Crippen LogP contribution in [-0.4, -0.2) is 26.4 Å². The zero-order valence-corrected chi connectivity index (χ0v) is 13.6. The molecule has 0 spiro atoms. The summed E-state index contributed by atoms with van der Waals surface area (Å²) in [5.74, 6) is 1.69. The summed E-state index contributed by atoms with van der Waals surface area (Å²) in [4.78, 5) is 12.0. The van der Waals surface area contributed by atoms with Gasteiger partial charge in [0.2, 0.25) is 5.91 Å². The van der Waals surface area contributed by atoms with Crippen molar-refractivity contribution >= 4 is 23.4 Å². The van der Waals surface area contributed by atoms with Crippen LogP contribution in [-0.2, 0) is 4.79 Å². The highest BCUT2D eigenvalue weighted by Crippen LogP contribution is 2.40. The van der Waals surface area contributed by atoms with Crippen LogP contribution in [0.15, 0.2) is 35.5 Å². The van der Waals surface area contributed by atoms with Crippen LogP contribution in [0.5, 0.6) is 0 Å². The van der Waals surface area contributed by atoms with Gasteiger partial charge in [0.25, 0.3) is 0 Å². The van der Waals surface area contributed by atoms with Gasteiger partial charge in [-0.2, -0.15) is 0 Å². The van der Waals surface area contributed by atoms with Gasteiger partial charge in [0.1, 0.15) is 5.82 Å². The summed E-state index contributed by atoms with van der Waals surface area (Å²) >= 11 is 1.46. The van der Waals surface area contributed by atoms with Crippen molar-refractivity contribution in [2.75, 3.05) is 11.1 Å². The minimum atomic E-state index is -0.0207. The van der Waals surface area contributed by atoms with Crippen molar-refractivity contribution in [2.45, 2.75) is 43.8 Å². The number of aromatic nitrogens is 3. The monoisotopic (exact) mass is 316 g/mol. The molecule has 0 unspecified atom stereocenters. The van der Waals surface area contributed by atoms with Crippen LogP contribution in [0.25, 0.3) is 0 Å². The molecule has 1 amide bonds. The molecule has 2 aromatic rings. The lowest BCUT2D eigenvalue weighted by Crippen LogP contribution is -2.14. The highest BCUT2D eigenvalue weighted by atomic mass is 32.2. The minimum absolute atomic E-state index is 0.0207. The Morgan fingerprint density at radius 3 is 2.68 bits per heavy atom. The molecule has 0 saturated heterocycles. The molecule has 116 valence electrons. The third-order valence-electron chi connectivity index (χ3n) is 3.51. The van der Waals surface area contributed by atoms with E-state index in [1.807, 2.05) is 30.3 Å². The summed E-state index contributed by atoms with van der Waals surface area (Å²) in [5, 5.41) is 12.3. The van der Waals surface area contributed by atoms with E-state index in [0.29, 0.717) is 17.7 Å². The first kappa shape index (κ1) is 15.1. The Hall–Kier alpha value is -1.82. The number of hydrogen-bond donors (Lipinski definition) is 1. The Bertz CT molecular complexity index is 649. The van der Waals surface area contributed by atoms with Crippen molar-refractivity contribution in [3.63, 3.8) is 0 Å². The number of rotatable bonds is 6. The molecule has 5 nitrogen and oxygen atoms in total. The summed E-state index contributed by atoms with van der Waals surface area (Å²) in [6.45, 7) is 4.25. The summed E-state index contributed by atoms with van der Waals surface area (Å²) in [6, 6.07) is 10.0. The summed E-state index contributed by atoms with van der Waals surface area (Å²) in [6.07, 6.45) is 2.36. The van der Waals surface area contributed by atoms with E-state index in [-0.39, 0.29) is 5.91 Å². The van der Waals surface area contributed by atoms with E-state index < -0.39 is 0 Å². The highest BCUT2D eigenvalue weighted by molar-refractivity contribution is 7.99. The molecule has 1 saturated carbocycles. The SMILES string of the molecule is CC(C)c1nnc(SCC(=O)Nc2ccccc2)n1C1CC1. The molecule has 0 bridgehead atoms. The van der Waals surface area contributed by atoms with Gasteiger partial charge in [-0.15, -0.1) is 10.2 Å². The van der Waals surface area contributed by atoms with Crippen LogP contribution in [0.2, 0.25) is 0 Å².